The van der Waals surface area contributed by atoms with E-state index < -0.39 is 0 Å². The van der Waals surface area contributed by atoms with Crippen LogP contribution in [0.1, 0.15) is 38.9 Å². The van der Waals surface area contributed by atoms with Gasteiger partial charge in [0.15, 0.2) is 0 Å². The average Bonchev–Trinajstić information content (AvgIpc) is 2.83. The van der Waals surface area contributed by atoms with Gasteiger partial charge in [-0.1, -0.05) is 13.8 Å². The maximum atomic E-state index is 9.17. The molecule has 0 aliphatic rings. The van der Waals surface area contributed by atoms with Crippen molar-refractivity contribution in [3.05, 3.63) is 18.2 Å². The Morgan fingerprint density at radius 2 is 2.22 bits per heavy atom. The molecule has 3 atom stereocenters. The Bertz CT molecular complexity index is 339. The number of hydrogen-bond donors (Lipinski definition) is 3. The Hall–Kier alpha value is -0.910. The highest BCUT2D eigenvalue weighted by atomic mass is 16.3. The molecule has 0 saturated heterocycles. The van der Waals surface area contributed by atoms with Gasteiger partial charge in [-0.25, -0.2) is 4.98 Å². The summed E-state index contributed by atoms with van der Waals surface area (Å²) in [5, 5.41) is 12.6. The number of nitrogens with two attached hydrogens (primary N) is 1. The zero-order valence-electron chi connectivity index (χ0n) is 11.6. The molecule has 1 aromatic heterocycles. The fourth-order valence-corrected chi connectivity index (χ4v) is 1.96. The molecule has 0 saturated carbocycles. The number of nitrogens with zero attached hydrogens (tertiary/aromatic N) is 2. The molecule has 0 amide bonds. The molecule has 0 radical (unpaired) electrons. The van der Waals surface area contributed by atoms with Crippen molar-refractivity contribution in [1.82, 2.24) is 14.9 Å². The van der Waals surface area contributed by atoms with Gasteiger partial charge in [0, 0.05) is 31.9 Å². The highest BCUT2D eigenvalue weighted by Gasteiger charge is 2.19. The van der Waals surface area contributed by atoms with Crippen LogP contribution in [0.15, 0.2) is 12.5 Å². The van der Waals surface area contributed by atoms with Crippen LogP contribution in [0.3, 0.4) is 0 Å². The number of aryl methyl sites for hydroxylation is 1. The van der Waals surface area contributed by atoms with E-state index in [1.165, 1.54) is 0 Å². The third-order valence-electron chi connectivity index (χ3n) is 3.41. The van der Waals surface area contributed by atoms with Gasteiger partial charge in [-0.3, -0.25) is 0 Å². The summed E-state index contributed by atoms with van der Waals surface area (Å²) in [4.78, 5) is 4.20. The summed E-state index contributed by atoms with van der Waals surface area (Å²) in [7, 11) is 0. The van der Waals surface area contributed by atoms with Crippen LogP contribution in [0.5, 0.6) is 0 Å². The predicted molar refractivity (Wildman–Crippen MR) is 73.2 cm³/mol. The molecule has 0 fully saturated rings. The predicted octanol–water partition coefficient (Wildman–Crippen LogP) is 0.899. The minimum absolute atomic E-state index is 0.0862. The van der Waals surface area contributed by atoms with Gasteiger partial charge in [-0.2, -0.15) is 0 Å². The minimum Gasteiger partial charge on any atom is -0.396 e. The lowest BCUT2D eigenvalue weighted by Gasteiger charge is -2.26. The van der Waals surface area contributed by atoms with Crippen LogP contribution in [-0.4, -0.2) is 33.9 Å². The van der Waals surface area contributed by atoms with Crippen molar-refractivity contribution in [1.29, 1.82) is 0 Å². The van der Waals surface area contributed by atoms with Gasteiger partial charge < -0.3 is 20.7 Å². The number of hydrogen-bond acceptors (Lipinski definition) is 4. The van der Waals surface area contributed by atoms with Gasteiger partial charge in [0.2, 0.25) is 0 Å². The van der Waals surface area contributed by atoms with Gasteiger partial charge in [0.25, 0.3) is 0 Å². The fourth-order valence-electron chi connectivity index (χ4n) is 1.96. The smallest absolute Gasteiger partial charge is 0.0948 e. The summed E-state index contributed by atoms with van der Waals surface area (Å²) < 4.78 is 2.14. The Morgan fingerprint density at radius 3 is 2.78 bits per heavy atom. The number of aliphatic hydroxyl groups excluding tert-OH is 1. The van der Waals surface area contributed by atoms with E-state index in [0.717, 1.165) is 18.7 Å². The Kier molecular flexibility index (Phi) is 6.32. The van der Waals surface area contributed by atoms with Crippen LogP contribution in [-0.2, 0) is 6.54 Å². The normalized spacial score (nSPS) is 16.5. The molecule has 1 rings (SSSR count). The third-order valence-corrected chi connectivity index (χ3v) is 3.41. The van der Waals surface area contributed by atoms with Crippen molar-refractivity contribution < 1.29 is 5.11 Å². The van der Waals surface area contributed by atoms with Gasteiger partial charge in [0.1, 0.15) is 0 Å². The summed E-state index contributed by atoms with van der Waals surface area (Å²) in [5.74, 6) is 0.210. The maximum absolute atomic E-state index is 9.17. The molecule has 18 heavy (non-hydrogen) atoms. The second-order valence-corrected chi connectivity index (χ2v) is 4.92. The largest absolute Gasteiger partial charge is 0.396 e. The number of rotatable bonds is 8. The van der Waals surface area contributed by atoms with Crippen LogP contribution in [0.25, 0.3) is 0 Å². The van der Waals surface area contributed by atoms with E-state index in [2.05, 4.69) is 28.7 Å². The first-order valence-corrected chi connectivity index (χ1v) is 6.71. The average molecular weight is 254 g/mol. The van der Waals surface area contributed by atoms with Crippen molar-refractivity contribution in [3.8, 4) is 0 Å². The lowest BCUT2D eigenvalue weighted by molar-refractivity contribution is 0.200. The van der Waals surface area contributed by atoms with E-state index in [0.29, 0.717) is 6.54 Å². The zero-order valence-corrected chi connectivity index (χ0v) is 11.6. The molecule has 0 spiro atoms. The van der Waals surface area contributed by atoms with Gasteiger partial charge in [-0.15, -0.1) is 0 Å². The maximum Gasteiger partial charge on any atom is 0.0948 e. The number of aromatic nitrogens is 2. The van der Waals surface area contributed by atoms with Gasteiger partial charge in [0.05, 0.1) is 18.1 Å². The molecular weight excluding hydrogens is 228 g/mol. The first kappa shape index (κ1) is 15.1. The summed E-state index contributed by atoms with van der Waals surface area (Å²) in [6.07, 6.45) is 4.79. The van der Waals surface area contributed by atoms with E-state index in [-0.39, 0.29) is 24.6 Å². The topological polar surface area (TPSA) is 76.1 Å². The molecule has 0 aliphatic heterocycles. The molecule has 4 N–H and O–H groups in total. The van der Waals surface area contributed by atoms with E-state index >= 15 is 0 Å². The second kappa shape index (κ2) is 7.51. The third kappa shape index (κ3) is 3.80. The first-order valence-electron chi connectivity index (χ1n) is 6.71. The van der Waals surface area contributed by atoms with Crippen molar-refractivity contribution >= 4 is 0 Å². The highest BCUT2D eigenvalue weighted by Crippen LogP contribution is 2.15. The van der Waals surface area contributed by atoms with Crippen LogP contribution in [0.4, 0.5) is 0 Å². The number of imidazole rings is 1. The van der Waals surface area contributed by atoms with Crippen LogP contribution < -0.4 is 11.1 Å². The molecule has 5 heteroatoms. The monoisotopic (exact) mass is 254 g/mol. The standard InChI is InChI=1S/C13H26N4O/c1-4-5-17-9-15-7-13(17)12(6-14)16-11(3)10(2)8-18/h7,9-12,16,18H,4-6,8,14H2,1-3H3. The molecule has 1 aromatic rings. The van der Waals surface area contributed by atoms with Crippen molar-refractivity contribution in [2.45, 2.75) is 45.8 Å². The molecule has 104 valence electrons. The van der Waals surface area contributed by atoms with Crippen LogP contribution in [0, 0.1) is 5.92 Å². The minimum atomic E-state index is 0.0862. The summed E-state index contributed by atoms with van der Waals surface area (Å²) >= 11 is 0. The van der Waals surface area contributed by atoms with E-state index in [4.69, 9.17) is 5.73 Å². The van der Waals surface area contributed by atoms with E-state index in [1.54, 1.807) is 0 Å². The lowest BCUT2D eigenvalue weighted by atomic mass is 10.0. The SMILES string of the molecule is CCCn1cncc1C(CN)NC(C)C(C)CO. The Labute approximate surface area is 109 Å². The quantitative estimate of drug-likeness (QED) is 0.644. The molecule has 3 unspecified atom stereocenters. The van der Waals surface area contributed by atoms with Gasteiger partial charge >= 0.3 is 0 Å². The molecule has 5 nitrogen and oxygen atoms in total. The fraction of sp³-hybridized carbons (Fsp3) is 0.769. The van der Waals surface area contributed by atoms with Crippen molar-refractivity contribution in [2.24, 2.45) is 11.7 Å². The van der Waals surface area contributed by atoms with Crippen LogP contribution >= 0.6 is 0 Å². The number of nitrogens with one attached hydrogen (secondary N) is 1. The molecule has 0 aromatic carbocycles. The lowest BCUT2D eigenvalue weighted by Crippen LogP contribution is -2.40. The summed E-state index contributed by atoms with van der Waals surface area (Å²) in [6, 6.07) is 0.302. The Morgan fingerprint density at radius 1 is 1.50 bits per heavy atom. The van der Waals surface area contributed by atoms with Crippen molar-refractivity contribution in [2.75, 3.05) is 13.2 Å². The zero-order chi connectivity index (χ0) is 13.5. The second-order valence-electron chi connectivity index (χ2n) is 4.92. The first-order chi connectivity index (χ1) is 8.63. The highest BCUT2D eigenvalue weighted by molar-refractivity contribution is 5.06. The molecular formula is C13H26N4O. The van der Waals surface area contributed by atoms with Gasteiger partial charge in [-0.05, 0) is 19.3 Å². The summed E-state index contributed by atoms with van der Waals surface area (Å²) in [5.41, 5.74) is 6.97. The van der Waals surface area contributed by atoms with Crippen molar-refractivity contribution in [3.63, 3.8) is 0 Å². The number of aliphatic hydroxyl groups is 1. The molecule has 1 heterocycles. The summed E-state index contributed by atoms with van der Waals surface area (Å²) in [6.45, 7) is 7.90. The molecule has 0 bridgehead atoms. The Balaban J connectivity index is 2.73. The van der Waals surface area contributed by atoms with E-state index in [1.807, 2.05) is 19.4 Å². The van der Waals surface area contributed by atoms with E-state index in [9.17, 15) is 5.11 Å². The van der Waals surface area contributed by atoms with Crippen LogP contribution in [0.2, 0.25) is 0 Å². The molecule has 0 aliphatic carbocycles.